The molecule has 0 radical (unpaired) electrons. The molecule has 2 rings (SSSR count). The summed E-state index contributed by atoms with van der Waals surface area (Å²) in [5.74, 6) is 0. The molecule has 1 heterocycles. The summed E-state index contributed by atoms with van der Waals surface area (Å²) in [6.07, 6.45) is 0. The highest BCUT2D eigenvalue weighted by molar-refractivity contribution is 6.32. The lowest BCUT2D eigenvalue weighted by Gasteiger charge is -2.11. The lowest BCUT2D eigenvalue weighted by atomic mass is 10.0. The van der Waals surface area contributed by atoms with Crippen molar-refractivity contribution in [2.45, 2.75) is 6.61 Å². The quantitative estimate of drug-likeness (QED) is 0.693. The molecule has 0 aliphatic rings. The van der Waals surface area contributed by atoms with E-state index in [4.69, 9.17) is 23.2 Å². The fourth-order valence-electron chi connectivity index (χ4n) is 1.60. The number of rotatable bonds is 3. The second kappa shape index (κ2) is 5.48. The first kappa shape index (κ1) is 13.0. The van der Waals surface area contributed by atoms with Crippen LogP contribution in [0.2, 0.25) is 10.4 Å². The highest BCUT2D eigenvalue weighted by atomic mass is 35.5. The van der Waals surface area contributed by atoms with Crippen LogP contribution >= 0.6 is 23.2 Å². The van der Waals surface area contributed by atoms with Crippen molar-refractivity contribution in [1.82, 2.24) is 9.97 Å². The Morgan fingerprint density at radius 2 is 1.83 bits per heavy atom. The minimum atomic E-state index is -0.267. The van der Waals surface area contributed by atoms with E-state index in [1.54, 1.807) is 0 Å². The number of aliphatic hydroxyl groups is 1. The zero-order valence-electron chi connectivity index (χ0n) is 9.40. The molecule has 0 saturated heterocycles. The third kappa shape index (κ3) is 2.53. The van der Waals surface area contributed by atoms with Gasteiger partial charge in [-0.15, -0.1) is 0 Å². The molecule has 0 saturated carbocycles. The summed E-state index contributed by atoms with van der Waals surface area (Å²) in [6, 6.07) is 9.48. The molecule has 5 heteroatoms. The SMILES string of the molecule is C=C(c1ccccc1)c1nc(Cl)nc(Cl)c1CO. The van der Waals surface area contributed by atoms with Gasteiger partial charge in [0.1, 0.15) is 5.15 Å². The van der Waals surface area contributed by atoms with Crippen molar-refractivity contribution in [3.8, 4) is 0 Å². The predicted octanol–water partition coefficient (Wildman–Crippen LogP) is 3.34. The van der Waals surface area contributed by atoms with Gasteiger partial charge in [-0.2, -0.15) is 0 Å². The molecule has 0 unspecified atom stereocenters. The van der Waals surface area contributed by atoms with Gasteiger partial charge >= 0.3 is 0 Å². The van der Waals surface area contributed by atoms with E-state index in [0.717, 1.165) is 5.56 Å². The van der Waals surface area contributed by atoms with Gasteiger partial charge in [-0.1, -0.05) is 48.5 Å². The van der Waals surface area contributed by atoms with Gasteiger partial charge in [0.2, 0.25) is 5.28 Å². The van der Waals surface area contributed by atoms with Gasteiger partial charge in [-0.3, -0.25) is 0 Å². The maximum Gasteiger partial charge on any atom is 0.224 e. The molecule has 1 aromatic heterocycles. The summed E-state index contributed by atoms with van der Waals surface area (Å²) in [4.78, 5) is 7.89. The number of halogens is 2. The van der Waals surface area contributed by atoms with Gasteiger partial charge in [-0.05, 0) is 17.2 Å². The van der Waals surface area contributed by atoms with Crippen LogP contribution in [0.1, 0.15) is 16.8 Å². The highest BCUT2D eigenvalue weighted by Gasteiger charge is 2.15. The smallest absolute Gasteiger partial charge is 0.224 e. The third-order valence-electron chi connectivity index (χ3n) is 2.50. The molecular formula is C13H10Cl2N2O. The van der Waals surface area contributed by atoms with Crippen LogP contribution in [0.25, 0.3) is 5.57 Å². The van der Waals surface area contributed by atoms with Gasteiger partial charge in [0.15, 0.2) is 0 Å². The van der Waals surface area contributed by atoms with Crippen LogP contribution in [0.15, 0.2) is 36.9 Å². The predicted molar refractivity (Wildman–Crippen MR) is 72.6 cm³/mol. The molecule has 1 aromatic carbocycles. The largest absolute Gasteiger partial charge is 0.391 e. The molecule has 0 atom stereocenters. The summed E-state index contributed by atoms with van der Waals surface area (Å²) < 4.78 is 0. The summed E-state index contributed by atoms with van der Waals surface area (Å²) in [5, 5.41) is 9.51. The Labute approximate surface area is 115 Å². The van der Waals surface area contributed by atoms with Crippen LogP contribution in [0.5, 0.6) is 0 Å². The maximum absolute atomic E-state index is 9.34. The van der Waals surface area contributed by atoms with E-state index in [1.807, 2.05) is 30.3 Å². The standard InChI is InChI=1S/C13H10Cl2N2O/c1-8(9-5-3-2-4-6-9)11-10(7-18)12(14)17-13(15)16-11/h2-6,18H,1,7H2. The Bertz CT molecular complexity index is 585. The van der Waals surface area contributed by atoms with Crippen molar-refractivity contribution in [2.24, 2.45) is 0 Å². The molecule has 0 aliphatic heterocycles. The van der Waals surface area contributed by atoms with Crippen LogP contribution < -0.4 is 0 Å². The first-order chi connectivity index (χ1) is 8.63. The molecule has 0 fully saturated rings. The van der Waals surface area contributed by atoms with Crippen molar-refractivity contribution in [2.75, 3.05) is 0 Å². The average molecular weight is 281 g/mol. The van der Waals surface area contributed by atoms with Crippen molar-refractivity contribution in [3.05, 3.63) is 64.2 Å². The van der Waals surface area contributed by atoms with Crippen LogP contribution in [0.3, 0.4) is 0 Å². The Hall–Kier alpha value is -1.42. The Morgan fingerprint density at radius 1 is 1.17 bits per heavy atom. The van der Waals surface area contributed by atoms with E-state index in [2.05, 4.69) is 16.5 Å². The van der Waals surface area contributed by atoms with Crippen LogP contribution in [-0.4, -0.2) is 15.1 Å². The second-order valence-corrected chi connectivity index (χ2v) is 4.31. The lowest BCUT2D eigenvalue weighted by molar-refractivity contribution is 0.280. The number of aliphatic hydroxyl groups excluding tert-OH is 1. The van der Waals surface area contributed by atoms with E-state index in [0.29, 0.717) is 16.8 Å². The van der Waals surface area contributed by atoms with E-state index in [1.165, 1.54) is 0 Å². The zero-order chi connectivity index (χ0) is 13.1. The van der Waals surface area contributed by atoms with Crippen LogP contribution in [0.4, 0.5) is 0 Å². The molecule has 0 amide bonds. The topological polar surface area (TPSA) is 46.0 Å². The number of hydrogen-bond donors (Lipinski definition) is 1. The Morgan fingerprint density at radius 3 is 2.44 bits per heavy atom. The van der Waals surface area contributed by atoms with Gasteiger partial charge in [0.05, 0.1) is 12.3 Å². The number of benzene rings is 1. The zero-order valence-corrected chi connectivity index (χ0v) is 10.9. The average Bonchev–Trinajstić information content (AvgIpc) is 2.38. The molecule has 0 spiro atoms. The molecule has 0 aliphatic carbocycles. The second-order valence-electron chi connectivity index (χ2n) is 3.61. The highest BCUT2D eigenvalue weighted by Crippen LogP contribution is 2.27. The van der Waals surface area contributed by atoms with Crippen LogP contribution in [-0.2, 0) is 6.61 Å². The minimum absolute atomic E-state index is 0.0317. The van der Waals surface area contributed by atoms with E-state index < -0.39 is 0 Å². The van der Waals surface area contributed by atoms with Gasteiger partial charge < -0.3 is 5.11 Å². The minimum Gasteiger partial charge on any atom is -0.391 e. The van der Waals surface area contributed by atoms with Crippen molar-refractivity contribution >= 4 is 28.8 Å². The monoisotopic (exact) mass is 280 g/mol. The molecule has 0 bridgehead atoms. The van der Waals surface area contributed by atoms with Gasteiger partial charge in [-0.25, -0.2) is 9.97 Å². The fourth-order valence-corrected chi connectivity index (χ4v) is 2.04. The normalized spacial score (nSPS) is 10.4. The third-order valence-corrected chi connectivity index (χ3v) is 2.98. The first-order valence-electron chi connectivity index (χ1n) is 5.21. The molecule has 92 valence electrons. The van der Waals surface area contributed by atoms with Crippen molar-refractivity contribution in [3.63, 3.8) is 0 Å². The molecule has 3 nitrogen and oxygen atoms in total. The molecule has 2 aromatic rings. The van der Waals surface area contributed by atoms with Gasteiger partial charge in [0, 0.05) is 11.1 Å². The maximum atomic E-state index is 9.34. The Balaban J connectivity index is 2.54. The van der Waals surface area contributed by atoms with E-state index in [-0.39, 0.29) is 17.0 Å². The summed E-state index contributed by atoms with van der Waals surface area (Å²) >= 11 is 11.7. The summed E-state index contributed by atoms with van der Waals surface area (Å²) in [6.45, 7) is 3.70. The van der Waals surface area contributed by atoms with Crippen molar-refractivity contribution in [1.29, 1.82) is 0 Å². The van der Waals surface area contributed by atoms with E-state index >= 15 is 0 Å². The molecule has 1 N–H and O–H groups in total. The van der Waals surface area contributed by atoms with Crippen LogP contribution in [0, 0.1) is 0 Å². The first-order valence-corrected chi connectivity index (χ1v) is 5.96. The van der Waals surface area contributed by atoms with Gasteiger partial charge in [0.25, 0.3) is 0 Å². The number of hydrogen-bond acceptors (Lipinski definition) is 3. The number of aromatic nitrogens is 2. The summed E-state index contributed by atoms with van der Waals surface area (Å²) in [7, 11) is 0. The number of nitrogens with zero attached hydrogens (tertiary/aromatic N) is 2. The summed E-state index contributed by atoms with van der Waals surface area (Å²) in [5.41, 5.74) is 2.42. The lowest BCUT2D eigenvalue weighted by Crippen LogP contribution is -2.02. The van der Waals surface area contributed by atoms with Crippen molar-refractivity contribution < 1.29 is 5.11 Å². The molecule has 18 heavy (non-hydrogen) atoms. The molecular weight excluding hydrogens is 271 g/mol. The van der Waals surface area contributed by atoms with E-state index in [9.17, 15) is 5.11 Å². The fraction of sp³-hybridized carbons (Fsp3) is 0.0769. The Kier molecular flexibility index (Phi) is 3.97.